The maximum atomic E-state index is 12.7. The Hall–Kier alpha value is -0.0900. The number of alkyl halides is 1. The molecular weight excluding hydrogens is 304 g/mol. The molecule has 0 N–H and O–H groups in total. The number of hydrogen-bond acceptors (Lipinski definition) is 2. The van der Waals surface area contributed by atoms with Gasteiger partial charge in [-0.3, -0.25) is 4.79 Å². The molecule has 1 amide bonds. The van der Waals surface area contributed by atoms with E-state index in [-0.39, 0.29) is 5.92 Å². The van der Waals surface area contributed by atoms with Gasteiger partial charge in [0, 0.05) is 37.4 Å². The van der Waals surface area contributed by atoms with Crippen molar-refractivity contribution >= 4 is 21.8 Å². The molecule has 0 bridgehead atoms. The van der Waals surface area contributed by atoms with Crippen LogP contribution in [0, 0.1) is 17.8 Å². The van der Waals surface area contributed by atoms with Crippen LogP contribution in [0.1, 0.15) is 34.1 Å². The summed E-state index contributed by atoms with van der Waals surface area (Å²) in [6.07, 6.45) is 1.10. The van der Waals surface area contributed by atoms with Gasteiger partial charge in [0.1, 0.15) is 0 Å². The molecule has 1 saturated heterocycles. The second-order valence-electron chi connectivity index (χ2n) is 6.22. The average molecular weight is 333 g/mol. The van der Waals surface area contributed by atoms with Crippen molar-refractivity contribution < 1.29 is 4.79 Å². The molecule has 0 aromatic carbocycles. The van der Waals surface area contributed by atoms with Crippen LogP contribution in [0.25, 0.3) is 0 Å². The van der Waals surface area contributed by atoms with E-state index in [2.05, 4.69) is 53.4 Å². The Balaban J connectivity index is 2.61. The monoisotopic (exact) mass is 332 g/mol. The van der Waals surface area contributed by atoms with Crippen LogP contribution in [0.2, 0.25) is 0 Å². The topological polar surface area (TPSA) is 23.6 Å². The van der Waals surface area contributed by atoms with E-state index < -0.39 is 0 Å². The molecule has 0 radical (unpaired) electrons. The van der Waals surface area contributed by atoms with Gasteiger partial charge in [0.05, 0.1) is 0 Å². The Labute approximate surface area is 126 Å². The summed E-state index contributed by atoms with van der Waals surface area (Å²) in [5.74, 6) is 1.39. The van der Waals surface area contributed by atoms with E-state index in [1.165, 1.54) is 0 Å². The standard InChI is InChI=1S/C15H29BrN2O/c1-12(2)14(13(3)4)15(19)18-8-5-7-17(9-6-16)10-11-18/h12-14H,5-11H2,1-4H3. The van der Waals surface area contributed by atoms with E-state index >= 15 is 0 Å². The van der Waals surface area contributed by atoms with Crippen LogP contribution in [-0.2, 0) is 4.79 Å². The highest BCUT2D eigenvalue weighted by molar-refractivity contribution is 9.09. The lowest BCUT2D eigenvalue weighted by atomic mass is 9.84. The molecule has 1 aliphatic rings. The summed E-state index contributed by atoms with van der Waals surface area (Å²) in [5.41, 5.74) is 0. The maximum Gasteiger partial charge on any atom is 0.226 e. The van der Waals surface area contributed by atoms with Gasteiger partial charge in [0.2, 0.25) is 5.91 Å². The van der Waals surface area contributed by atoms with E-state index in [0.29, 0.717) is 17.7 Å². The van der Waals surface area contributed by atoms with Gasteiger partial charge >= 0.3 is 0 Å². The van der Waals surface area contributed by atoms with Crippen molar-refractivity contribution in [2.45, 2.75) is 34.1 Å². The lowest BCUT2D eigenvalue weighted by Crippen LogP contribution is -2.42. The van der Waals surface area contributed by atoms with E-state index in [1.54, 1.807) is 0 Å². The fourth-order valence-electron chi connectivity index (χ4n) is 3.09. The minimum atomic E-state index is 0.169. The molecule has 1 heterocycles. The lowest BCUT2D eigenvalue weighted by molar-refractivity contribution is -0.138. The van der Waals surface area contributed by atoms with Crippen molar-refractivity contribution in [3.05, 3.63) is 0 Å². The van der Waals surface area contributed by atoms with Crippen LogP contribution in [0.3, 0.4) is 0 Å². The smallest absolute Gasteiger partial charge is 0.226 e. The zero-order valence-corrected chi connectivity index (χ0v) is 14.4. The molecule has 4 heteroatoms. The summed E-state index contributed by atoms with van der Waals surface area (Å²) in [7, 11) is 0. The number of halogens is 1. The van der Waals surface area contributed by atoms with E-state index in [4.69, 9.17) is 0 Å². The Morgan fingerprint density at radius 1 is 1.05 bits per heavy atom. The minimum absolute atomic E-state index is 0.169. The fraction of sp³-hybridized carbons (Fsp3) is 0.933. The summed E-state index contributed by atoms with van der Waals surface area (Å²) in [4.78, 5) is 17.2. The Kier molecular flexibility index (Phi) is 7.37. The maximum absolute atomic E-state index is 12.7. The van der Waals surface area contributed by atoms with Gasteiger partial charge in [0.25, 0.3) is 0 Å². The molecule has 0 spiro atoms. The van der Waals surface area contributed by atoms with E-state index in [9.17, 15) is 4.79 Å². The predicted molar refractivity (Wildman–Crippen MR) is 84.6 cm³/mol. The second-order valence-corrected chi connectivity index (χ2v) is 7.02. The lowest BCUT2D eigenvalue weighted by Gasteiger charge is -2.30. The summed E-state index contributed by atoms with van der Waals surface area (Å²) < 4.78 is 0. The highest BCUT2D eigenvalue weighted by Gasteiger charge is 2.30. The van der Waals surface area contributed by atoms with Crippen molar-refractivity contribution in [2.75, 3.05) is 38.1 Å². The molecule has 0 unspecified atom stereocenters. The fourth-order valence-corrected chi connectivity index (χ4v) is 3.59. The third kappa shape index (κ3) is 5.07. The van der Waals surface area contributed by atoms with Crippen molar-refractivity contribution in [3.8, 4) is 0 Å². The molecule has 0 aromatic rings. The number of carbonyl (C=O) groups is 1. The Morgan fingerprint density at radius 3 is 2.21 bits per heavy atom. The Morgan fingerprint density at radius 2 is 1.68 bits per heavy atom. The third-order valence-electron chi connectivity index (χ3n) is 4.02. The van der Waals surface area contributed by atoms with Crippen LogP contribution in [0.4, 0.5) is 0 Å². The van der Waals surface area contributed by atoms with Crippen LogP contribution in [0.5, 0.6) is 0 Å². The van der Waals surface area contributed by atoms with Gasteiger partial charge in [-0.1, -0.05) is 43.6 Å². The minimum Gasteiger partial charge on any atom is -0.341 e. The number of hydrogen-bond donors (Lipinski definition) is 0. The van der Waals surface area contributed by atoms with Crippen molar-refractivity contribution in [3.63, 3.8) is 0 Å². The molecule has 112 valence electrons. The largest absolute Gasteiger partial charge is 0.341 e. The number of rotatable bonds is 5. The van der Waals surface area contributed by atoms with Gasteiger partial charge in [-0.05, 0) is 24.8 Å². The summed E-state index contributed by atoms with van der Waals surface area (Å²) in [6.45, 7) is 13.7. The molecule has 1 fully saturated rings. The average Bonchev–Trinajstić information content (AvgIpc) is 2.54. The highest BCUT2D eigenvalue weighted by atomic mass is 79.9. The molecule has 0 saturated carbocycles. The van der Waals surface area contributed by atoms with Gasteiger partial charge in [-0.25, -0.2) is 0 Å². The number of nitrogens with zero attached hydrogens (tertiary/aromatic N) is 2. The highest BCUT2D eigenvalue weighted by Crippen LogP contribution is 2.23. The molecule has 1 rings (SSSR count). The first-order valence-corrected chi connectivity index (χ1v) is 8.66. The van der Waals surface area contributed by atoms with E-state index in [0.717, 1.165) is 44.5 Å². The first kappa shape index (κ1) is 17.0. The molecule has 0 aliphatic carbocycles. The summed E-state index contributed by atoms with van der Waals surface area (Å²) in [5, 5.41) is 1.02. The van der Waals surface area contributed by atoms with Crippen LogP contribution in [0.15, 0.2) is 0 Å². The molecular formula is C15H29BrN2O. The summed E-state index contributed by atoms with van der Waals surface area (Å²) >= 11 is 3.49. The molecule has 3 nitrogen and oxygen atoms in total. The first-order valence-electron chi connectivity index (χ1n) is 7.54. The van der Waals surface area contributed by atoms with Gasteiger partial charge in [-0.15, -0.1) is 0 Å². The molecule has 0 aromatic heterocycles. The number of carbonyl (C=O) groups excluding carboxylic acids is 1. The summed E-state index contributed by atoms with van der Waals surface area (Å²) in [6, 6.07) is 0. The second kappa shape index (κ2) is 8.25. The Bertz CT molecular complexity index is 273. The van der Waals surface area contributed by atoms with E-state index in [1.807, 2.05) is 0 Å². The first-order chi connectivity index (χ1) is 8.97. The third-order valence-corrected chi connectivity index (χ3v) is 4.38. The van der Waals surface area contributed by atoms with Gasteiger partial charge in [0.15, 0.2) is 0 Å². The van der Waals surface area contributed by atoms with Crippen molar-refractivity contribution in [1.82, 2.24) is 9.80 Å². The molecule has 1 aliphatic heterocycles. The van der Waals surface area contributed by atoms with Crippen molar-refractivity contribution in [1.29, 1.82) is 0 Å². The van der Waals surface area contributed by atoms with Crippen LogP contribution >= 0.6 is 15.9 Å². The zero-order valence-electron chi connectivity index (χ0n) is 12.9. The molecule has 19 heavy (non-hydrogen) atoms. The zero-order chi connectivity index (χ0) is 14.4. The SMILES string of the molecule is CC(C)C(C(=O)N1CCCN(CCBr)CC1)C(C)C. The van der Waals surface area contributed by atoms with Crippen LogP contribution in [-0.4, -0.2) is 53.8 Å². The normalized spacial score (nSPS) is 18.4. The van der Waals surface area contributed by atoms with Gasteiger partial charge < -0.3 is 9.80 Å². The van der Waals surface area contributed by atoms with Gasteiger partial charge in [-0.2, -0.15) is 0 Å². The quantitative estimate of drug-likeness (QED) is 0.723. The van der Waals surface area contributed by atoms with Crippen LogP contribution < -0.4 is 0 Å². The number of amides is 1. The predicted octanol–water partition coefficient (Wildman–Crippen LogP) is 2.84. The molecule has 0 atom stereocenters. The van der Waals surface area contributed by atoms with Crippen molar-refractivity contribution in [2.24, 2.45) is 17.8 Å².